The summed E-state index contributed by atoms with van der Waals surface area (Å²) in [6, 6.07) is 4.39. The van der Waals surface area contributed by atoms with Gasteiger partial charge in [-0.15, -0.1) is 23.1 Å². The molecule has 82 valence electrons. The minimum Gasteiger partial charge on any atom is -0.335 e. The molecule has 0 aliphatic carbocycles. The Hall–Kier alpha value is -0.480. The van der Waals surface area contributed by atoms with Crippen LogP contribution in [0.2, 0.25) is 0 Å². The summed E-state index contributed by atoms with van der Waals surface area (Å²) in [4.78, 5) is 15.0. The monoisotopic (exact) mass is 241 g/mol. The van der Waals surface area contributed by atoms with Gasteiger partial charge < -0.3 is 4.90 Å². The molecule has 1 aromatic heterocycles. The van der Waals surface area contributed by atoms with Gasteiger partial charge in [0.2, 0.25) is 0 Å². The zero-order chi connectivity index (χ0) is 10.8. The molecule has 1 unspecified atom stereocenters. The Morgan fingerprint density at radius 2 is 2.40 bits per heavy atom. The van der Waals surface area contributed by atoms with Crippen molar-refractivity contribution in [3.05, 3.63) is 17.0 Å². The van der Waals surface area contributed by atoms with Gasteiger partial charge in [0.05, 0.1) is 9.09 Å². The maximum absolute atomic E-state index is 12.1. The highest BCUT2D eigenvalue weighted by molar-refractivity contribution is 8.00. The van der Waals surface area contributed by atoms with Crippen LogP contribution in [0.4, 0.5) is 0 Å². The lowest BCUT2D eigenvalue weighted by molar-refractivity contribution is 0.0752. The van der Waals surface area contributed by atoms with E-state index in [0.717, 1.165) is 24.3 Å². The first-order valence-corrected chi connectivity index (χ1v) is 7.21. The van der Waals surface area contributed by atoms with Crippen LogP contribution in [0, 0.1) is 0 Å². The molecule has 0 spiro atoms. The minimum atomic E-state index is 0.213. The topological polar surface area (TPSA) is 20.3 Å². The highest BCUT2D eigenvalue weighted by Gasteiger charge is 2.26. The second kappa shape index (κ2) is 4.58. The number of hydrogen-bond donors (Lipinski definition) is 0. The Morgan fingerprint density at radius 3 is 2.93 bits per heavy atom. The number of thioether (sulfide) groups is 1. The fourth-order valence-electron chi connectivity index (χ4n) is 1.92. The molecule has 4 heteroatoms. The lowest BCUT2D eigenvalue weighted by atomic mass is 10.2. The van der Waals surface area contributed by atoms with Crippen LogP contribution >= 0.6 is 23.1 Å². The van der Waals surface area contributed by atoms with E-state index in [1.54, 1.807) is 23.1 Å². The van der Waals surface area contributed by atoms with Crippen molar-refractivity contribution in [3.8, 4) is 0 Å². The van der Waals surface area contributed by atoms with Gasteiger partial charge in [-0.1, -0.05) is 0 Å². The van der Waals surface area contributed by atoms with Crippen LogP contribution in [-0.4, -0.2) is 29.6 Å². The normalized spacial score (nSPS) is 20.9. The molecule has 0 saturated carbocycles. The Morgan fingerprint density at radius 1 is 1.60 bits per heavy atom. The summed E-state index contributed by atoms with van der Waals surface area (Å²) in [5.74, 6) is 0.213. The van der Waals surface area contributed by atoms with Gasteiger partial charge in [-0.25, -0.2) is 0 Å². The quantitative estimate of drug-likeness (QED) is 0.742. The largest absolute Gasteiger partial charge is 0.335 e. The first-order valence-electron chi connectivity index (χ1n) is 5.17. The van der Waals surface area contributed by atoms with E-state index in [4.69, 9.17) is 0 Å². The fraction of sp³-hybridized carbons (Fsp3) is 0.545. The highest BCUT2D eigenvalue weighted by Crippen LogP contribution is 2.28. The van der Waals surface area contributed by atoms with Gasteiger partial charge in [0, 0.05) is 12.6 Å². The van der Waals surface area contributed by atoms with Gasteiger partial charge in [0.1, 0.15) is 0 Å². The molecule has 2 heterocycles. The summed E-state index contributed by atoms with van der Waals surface area (Å²) in [6.45, 7) is 3.06. The molecule has 1 fully saturated rings. The Balaban J connectivity index is 2.13. The first-order chi connectivity index (χ1) is 7.22. The van der Waals surface area contributed by atoms with Crippen LogP contribution < -0.4 is 0 Å². The van der Waals surface area contributed by atoms with Crippen LogP contribution in [0.3, 0.4) is 0 Å². The van der Waals surface area contributed by atoms with E-state index in [1.165, 1.54) is 4.21 Å². The van der Waals surface area contributed by atoms with Gasteiger partial charge in [0.25, 0.3) is 5.91 Å². The number of thiophene rings is 1. The lowest BCUT2D eigenvalue weighted by Crippen LogP contribution is -2.32. The average Bonchev–Trinajstić information content (AvgIpc) is 2.84. The van der Waals surface area contributed by atoms with Crippen LogP contribution in [-0.2, 0) is 0 Å². The van der Waals surface area contributed by atoms with Gasteiger partial charge in [-0.05, 0) is 38.2 Å². The predicted octanol–water partition coefficient (Wildman–Crippen LogP) is 3.09. The maximum atomic E-state index is 12.1. The third-order valence-corrected chi connectivity index (χ3v) is 4.96. The van der Waals surface area contributed by atoms with E-state index in [0.29, 0.717) is 6.04 Å². The van der Waals surface area contributed by atoms with Crippen molar-refractivity contribution in [2.24, 2.45) is 0 Å². The molecule has 1 amide bonds. The third-order valence-electron chi connectivity index (χ3n) is 2.81. The smallest absolute Gasteiger partial charge is 0.264 e. The molecular weight excluding hydrogens is 226 g/mol. The molecule has 0 aromatic carbocycles. The van der Waals surface area contributed by atoms with Crippen LogP contribution in [0.5, 0.6) is 0 Å². The predicted molar refractivity (Wildman–Crippen MR) is 65.8 cm³/mol. The molecule has 0 bridgehead atoms. The molecule has 1 saturated heterocycles. The summed E-state index contributed by atoms with van der Waals surface area (Å²) >= 11 is 3.30. The average molecular weight is 241 g/mol. The zero-order valence-electron chi connectivity index (χ0n) is 9.03. The molecule has 2 rings (SSSR count). The number of carbonyl (C=O) groups is 1. The highest BCUT2D eigenvalue weighted by atomic mass is 32.2. The summed E-state index contributed by atoms with van der Waals surface area (Å²) in [5, 5.41) is 0. The SMILES string of the molecule is CSc1ccc(C(=O)N2CCCC2C)s1. The van der Waals surface area contributed by atoms with Crippen LogP contribution in [0.25, 0.3) is 0 Å². The molecule has 1 aromatic rings. The number of amides is 1. The Bertz CT molecular complexity index is 361. The van der Waals surface area contributed by atoms with Gasteiger partial charge in [-0.3, -0.25) is 4.79 Å². The van der Waals surface area contributed by atoms with E-state index in [-0.39, 0.29) is 5.91 Å². The first kappa shape index (κ1) is 11.0. The van der Waals surface area contributed by atoms with E-state index in [1.807, 2.05) is 23.3 Å². The van der Waals surface area contributed by atoms with Crippen LogP contribution in [0.1, 0.15) is 29.4 Å². The summed E-state index contributed by atoms with van der Waals surface area (Å²) in [7, 11) is 0. The van der Waals surface area contributed by atoms with E-state index >= 15 is 0 Å². The summed E-state index contributed by atoms with van der Waals surface area (Å²) in [5.41, 5.74) is 0. The number of likely N-dealkylation sites (tertiary alicyclic amines) is 1. The van der Waals surface area contributed by atoms with Gasteiger partial charge in [0.15, 0.2) is 0 Å². The molecule has 0 radical (unpaired) electrons. The fourth-order valence-corrected chi connectivity index (χ4v) is 3.42. The molecule has 1 aliphatic rings. The van der Waals surface area contributed by atoms with Crippen molar-refractivity contribution in [1.82, 2.24) is 4.90 Å². The van der Waals surface area contributed by atoms with Crippen LogP contribution in [0.15, 0.2) is 16.3 Å². The van der Waals surface area contributed by atoms with Gasteiger partial charge in [-0.2, -0.15) is 0 Å². The Kier molecular flexibility index (Phi) is 3.36. The molecule has 15 heavy (non-hydrogen) atoms. The van der Waals surface area contributed by atoms with Crippen molar-refractivity contribution in [3.63, 3.8) is 0 Å². The number of carbonyl (C=O) groups excluding carboxylic acids is 1. The molecule has 1 atom stereocenters. The van der Waals surface area contributed by atoms with Crippen molar-refractivity contribution >= 4 is 29.0 Å². The molecule has 2 nitrogen and oxygen atoms in total. The minimum absolute atomic E-state index is 0.213. The summed E-state index contributed by atoms with van der Waals surface area (Å²) in [6.07, 6.45) is 4.33. The second-order valence-corrected chi connectivity index (χ2v) is 6.00. The van der Waals surface area contributed by atoms with Crippen molar-refractivity contribution in [2.75, 3.05) is 12.8 Å². The summed E-state index contributed by atoms with van der Waals surface area (Å²) < 4.78 is 1.21. The van der Waals surface area contributed by atoms with E-state index < -0.39 is 0 Å². The van der Waals surface area contributed by atoms with Crippen molar-refractivity contribution in [1.29, 1.82) is 0 Å². The third kappa shape index (κ3) is 2.21. The number of nitrogens with zero attached hydrogens (tertiary/aromatic N) is 1. The number of hydrogen-bond acceptors (Lipinski definition) is 3. The second-order valence-electron chi connectivity index (χ2n) is 3.81. The molecule has 1 aliphatic heterocycles. The van der Waals surface area contributed by atoms with Crippen molar-refractivity contribution in [2.45, 2.75) is 30.0 Å². The maximum Gasteiger partial charge on any atom is 0.264 e. The van der Waals surface area contributed by atoms with E-state index in [2.05, 4.69) is 6.92 Å². The molecular formula is C11H15NOS2. The van der Waals surface area contributed by atoms with E-state index in [9.17, 15) is 4.79 Å². The lowest BCUT2D eigenvalue weighted by Gasteiger charge is -2.20. The standard InChI is InChI=1S/C11H15NOS2/c1-8-4-3-7-12(8)11(13)9-5-6-10(14-2)15-9/h5-6,8H,3-4,7H2,1-2H3. The zero-order valence-corrected chi connectivity index (χ0v) is 10.7. The molecule has 0 N–H and O–H groups in total. The Labute approximate surface area is 98.7 Å². The van der Waals surface area contributed by atoms with Crippen molar-refractivity contribution < 1.29 is 4.79 Å². The van der Waals surface area contributed by atoms with Gasteiger partial charge >= 0.3 is 0 Å². The number of rotatable bonds is 2.